The molecule has 4 amide bonds. The quantitative estimate of drug-likeness (QED) is 0.0482. The van der Waals surface area contributed by atoms with Gasteiger partial charge >= 0.3 is 18.0 Å². The van der Waals surface area contributed by atoms with Crippen molar-refractivity contribution in [3.63, 3.8) is 0 Å². The number of aromatic nitrogens is 1. The molecule has 3 saturated heterocycles. The Morgan fingerprint density at radius 3 is 2.28 bits per heavy atom. The number of aromatic carboxylic acids is 1. The Hall–Kier alpha value is -6.10. The van der Waals surface area contributed by atoms with E-state index in [1.165, 1.54) is 4.31 Å². The van der Waals surface area contributed by atoms with E-state index in [1.54, 1.807) is 63.6 Å². The van der Waals surface area contributed by atoms with Gasteiger partial charge in [0.1, 0.15) is 11.1 Å². The molecule has 0 aliphatic carbocycles. The lowest BCUT2D eigenvalue weighted by atomic mass is 9.77. The van der Waals surface area contributed by atoms with Gasteiger partial charge in [0.15, 0.2) is 17.2 Å². The second-order valence-electron chi connectivity index (χ2n) is 20.7. The van der Waals surface area contributed by atoms with Gasteiger partial charge in [-0.25, -0.2) is 27.8 Å². The van der Waals surface area contributed by atoms with Crippen molar-refractivity contribution in [3.05, 3.63) is 105 Å². The molecule has 18 nitrogen and oxygen atoms in total. The summed E-state index contributed by atoms with van der Waals surface area (Å²) in [5, 5.41) is 39.0. The molecule has 3 aromatic carbocycles. The molecule has 5 aromatic rings. The number of carboxylic acid groups (broad SMARTS) is 2. The van der Waals surface area contributed by atoms with Gasteiger partial charge in [-0.1, -0.05) is 74.0 Å². The Bertz CT molecular complexity index is 3070. The van der Waals surface area contributed by atoms with Gasteiger partial charge in [-0.15, -0.1) is 22.7 Å². The van der Waals surface area contributed by atoms with Crippen molar-refractivity contribution >= 4 is 85.5 Å². The molecule has 3 aliphatic heterocycles. The number of sulfonamides is 1. The van der Waals surface area contributed by atoms with Crippen LogP contribution < -0.4 is 20.7 Å². The number of rotatable bonds is 18. The molecule has 5 heterocycles. The highest BCUT2D eigenvalue weighted by atomic mass is 35.5. The average Bonchev–Trinajstić information content (AvgIpc) is 4.08. The van der Waals surface area contributed by atoms with Crippen LogP contribution in [0.4, 0.5) is 16.2 Å². The molecule has 22 heteroatoms. The molecule has 3 fully saturated rings. The number of nitrogens with zero attached hydrogens (tertiary/aromatic N) is 4. The number of aliphatic carboxylic acids is 1. The van der Waals surface area contributed by atoms with E-state index < -0.39 is 52.2 Å². The molecule has 0 bridgehead atoms. The topological polar surface area (TPSA) is 248 Å². The van der Waals surface area contributed by atoms with E-state index in [9.17, 15) is 42.6 Å². The van der Waals surface area contributed by atoms with Crippen molar-refractivity contribution in [1.82, 2.24) is 24.4 Å². The van der Waals surface area contributed by atoms with E-state index in [2.05, 4.69) is 20.9 Å². The van der Waals surface area contributed by atoms with Crippen LogP contribution in [0.5, 0.6) is 5.75 Å². The van der Waals surface area contributed by atoms with Gasteiger partial charge in [-0.05, 0) is 105 Å². The maximum Gasteiger partial charge on any atom is 0.349 e. The summed E-state index contributed by atoms with van der Waals surface area (Å²) in [6, 6.07) is 20.6. The van der Waals surface area contributed by atoms with Crippen molar-refractivity contribution < 1.29 is 52.4 Å². The minimum atomic E-state index is -3.84. The number of carbonyl (C=O) groups excluding carboxylic acids is 3. The lowest BCUT2D eigenvalue weighted by molar-refractivity contribution is -0.145. The molecule has 0 radical (unpaired) electrons. The summed E-state index contributed by atoms with van der Waals surface area (Å²) in [6.07, 6.45) is 1.41. The van der Waals surface area contributed by atoms with E-state index in [4.69, 9.17) is 21.4 Å². The molecule has 8 rings (SSSR count). The SMILES string of the molecule is Cc1ncsc1-c1ccc(CNC(=O)C2C[C@@H](O)CN2C(=O)[C@H](C(C)C)C2CCN(C(=O)Nc3cccc(CS(=O)(=O)N4CCC(Nc5cccc(-c6sc(C(=O)O)c(OCC(=O)O)c6Cl)c5)CC4(C)C)c3)CC2)cc1. The summed E-state index contributed by atoms with van der Waals surface area (Å²) in [4.78, 5) is 73.6. The van der Waals surface area contributed by atoms with Crippen molar-refractivity contribution in [3.8, 4) is 26.6 Å². The molecular formula is C54H64ClN7O11S3. The summed E-state index contributed by atoms with van der Waals surface area (Å²) in [5.41, 5.74) is 6.21. The van der Waals surface area contributed by atoms with Gasteiger partial charge in [0.2, 0.25) is 21.8 Å². The summed E-state index contributed by atoms with van der Waals surface area (Å²) in [6.45, 7) is 10.3. The molecular weight excluding hydrogens is 1050 g/mol. The number of ether oxygens (including phenoxy) is 1. The molecule has 76 heavy (non-hydrogen) atoms. The molecule has 4 atom stereocenters. The van der Waals surface area contributed by atoms with E-state index in [1.807, 2.05) is 70.5 Å². The number of aliphatic hydroxyl groups is 1. The Balaban J connectivity index is 0.826. The second-order valence-corrected chi connectivity index (χ2v) is 24.9. The third-order valence-corrected chi connectivity index (χ3v) is 19.1. The fourth-order valence-electron chi connectivity index (χ4n) is 10.9. The lowest BCUT2D eigenvalue weighted by Gasteiger charge is -2.45. The number of β-amino-alcohol motifs (C(OH)–C–C–N with tert-alkyl or cyclic N) is 1. The summed E-state index contributed by atoms with van der Waals surface area (Å²) < 4.78 is 35.0. The van der Waals surface area contributed by atoms with Crippen LogP contribution in [0.1, 0.15) is 86.3 Å². The minimum Gasteiger partial charge on any atom is -0.479 e. The van der Waals surface area contributed by atoms with Crippen LogP contribution in [0.2, 0.25) is 5.02 Å². The molecule has 3 aliphatic rings. The normalized spacial score (nSPS) is 19.6. The Morgan fingerprint density at radius 2 is 1.62 bits per heavy atom. The van der Waals surface area contributed by atoms with Crippen LogP contribution in [0.3, 0.4) is 0 Å². The van der Waals surface area contributed by atoms with Gasteiger partial charge in [-0.3, -0.25) is 9.59 Å². The Morgan fingerprint density at radius 1 is 0.908 bits per heavy atom. The lowest BCUT2D eigenvalue weighted by Crippen LogP contribution is -2.55. The van der Waals surface area contributed by atoms with Crippen molar-refractivity contribution in [2.75, 3.05) is 43.4 Å². The van der Waals surface area contributed by atoms with Gasteiger partial charge in [0.05, 0.1) is 32.8 Å². The highest BCUT2D eigenvalue weighted by Crippen LogP contribution is 2.46. The van der Waals surface area contributed by atoms with Crippen LogP contribution in [0.15, 0.2) is 78.3 Å². The Labute approximate surface area is 455 Å². The highest BCUT2D eigenvalue weighted by Gasteiger charge is 2.45. The van der Waals surface area contributed by atoms with Crippen molar-refractivity contribution in [2.24, 2.45) is 17.8 Å². The predicted molar refractivity (Wildman–Crippen MR) is 293 cm³/mol. The van der Waals surface area contributed by atoms with E-state index in [0.717, 1.165) is 33.0 Å². The second kappa shape index (κ2) is 23.6. The number of aliphatic hydroxyl groups excluding tert-OH is 1. The predicted octanol–water partition coefficient (Wildman–Crippen LogP) is 8.64. The molecule has 0 saturated carbocycles. The molecule has 6 N–H and O–H groups in total. The average molecular weight is 1120 g/mol. The first-order valence-electron chi connectivity index (χ1n) is 25.3. The smallest absolute Gasteiger partial charge is 0.349 e. The van der Waals surface area contributed by atoms with Gasteiger partial charge < -0.3 is 45.8 Å². The number of likely N-dealkylation sites (tertiary alicyclic amines) is 2. The number of aryl methyl sites for hydroxylation is 1. The number of nitrogens with one attached hydrogen (secondary N) is 3. The number of hydrogen-bond acceptors (Lipinski definition) is 13. The van der Waals surface area contributed by atoms with Crippen molar-refractivity contribution in [1.29, 1.82) is 0 Å². The van der Waals surface area contributed by atoms with Crippen LogP contribution in [0, 0.1) is 24.7 Å². The van der Waals surface area contributed by atoms with Gasteiger partial charge in [0.25, 0.3) is 0 Å². The number of halogens is 1. The van der Waals surface area contributed by atoms with Crippen LogP contribution >= 0.6 is 34.3 Å². The first-order valence-corrected chi connectivity index (χ1v) is 28.9. The highest BCUT2D eigenvalue weighted by molar-refractivity contribution is 7.88. The summed E-state index contributed by atoms with van der Waals surface area (Å²) in [7, 11) is -3.84. The first-order chi connectivity index (χ1) is 36.1. The van der Waals surface area contributed by atoms with E-state index in [0.29, 0.717) is 66.2 Å². The minimum absolute atomic E-state index is 0.00630. The number of thiazole rings is 1. The zero-order chi connectivity index (χ0) is 54.6. The number of carboxylic acids is 2. The number of anilines is 2. The molecule has 2 aromatic heterocycles. The van der Waals surface area contributed by atoms with Gasteiger partial charge in [0, 0.05) is 68.0 Å². The fourth-order valence-corrected chi connectivity index (χ4v) is 15.1. The fraction of sp³-hybridized carbons (Fsp3) is 0.444. The number of amides is 4. The third-order valence-electron chi connectivity index (χ3n) is 14.4. The number of hydrogen-bond donors (Lipinski definition) is 6. The van der Waals surface area contributed by atoms with Crippen molar-refractivity contribution in [2.45, 2.75) is 103 Å². The van der Waals surface area contributed by atoms with Crippen LogP contribution in [-0.2, 0) is 36.7 Å². The number of benzene rings is 3. The third kappa shape index (κ3) is 13.0. The molecule has 2 unspecified atom stereocenters. The van der Waals surface area contributed by atoms with E-state index in [-0.39, 0.29) is 83.2 Å². The van der Waals surface area contributed by atoms with Gasteiger partial charge in [-0.2, -0.15) is 4.31 Å². The maximum atomic E-state index is 14.4. The van der Waals surface area contributed by atoms with E-state index >= 15 is 0 Å². The summed E-state index contributed by atoms with van der Waals surface area (Å²) in [5.74, 6) is -4.08. The number of piperidine rings is 2. The van der Waals surface area contributed by atoms with Crippen LogP contribution in [-0.4, -0.2) is 129 Å². The summed E-state index contributed by atoms with van der Waals surface area (Å²) >= 11 is 8.99. The molecule has 0 spiro atoms. The maximum absolute atomic E-state index is 14.4. The standard InChI is InChI=1S/C54H64ClN7O11S3/c1-31(2)44(51(67)61-27-41(63)24-42(61)50(66)56-26-33-12-14-36(15-13-33)47-32(3)57-30-74-47)35-16-19-60(20-17-35)53(70)59-38-10-6-8-34(22-38)29-76(71,72)62-21-18-40(25-54(62,4)5)58-39-11-7-9-37(23-39)48-45(55)46(73-28-43(64)65)49(75-48)52(68)69/h6-15,22-23,30-31,35,40-42,44,58,63H,16-21,24-29H2,1-5H3,(H,56,66)(H,59,70)(H,64,65)(H,68,69)/t40?,41-,42?,44-/m1/s1. The first kappa shape index (κ1) is 56.1. The zero-order valence-corrected chi connectivity index (χ0v) is 46.2. The van der Waals surface area contributed by atoms with Crippen LogP contribution in [0.25, 0.3) is 20.9 Å². The zero-order valence-electron chi connectivity index (χ0n) is 43.0. The largest absolute Gasteiger partial charge is 0.479 e. The monoisotopic (exact) mass is 1120 g/mol. The number of thiophene rings is 1. The number of urea groups is 1. The molecule has 406 valence electrons. The number of carbonyl (C=O) groups is 5. The Kier molecular flexibility index (Phi) is 17.5.